The van der Waals surface area contributed by atoms with E-state index in [0.717, 1.165) is 11.3 Å². The first kappa shape index (κ1) is 14.1. The van der Waals surface area contributed by atoms with Crippen molar-refractivity contribution in [1.29, 1.82) is 0 Å². The average Bonchev–Trinajstić information content (AvgIpc) is 2.85. The predicted molar refractivity (Wildman–Crippen MR) is 71.0 cm³/mol. The molecule has 20 heavy (non-hydrogen) atoms. The Morgan fingerprint density at radius 2 is 2.20 bits per heavy atom. The molecule has 5 nitrogen and oxygen atoms in total. The molecule has 0 aliphatic carbocycles. The number of hydrogen-bond acceptors (Lipinski definition) is 4. The summed E-state index contributed by atoms with van der Waals surface area (Å²) in [7, 11) is 0. The third kappa shape index (κ3) is 3.86. The minimum absolute atomic E-state index is 0.0376. The molecule has 2 rings (SSSR count). The van der Waals surface area contributed by atoms with Crippen molar-refractivity contribution in [3.63, 3.8) is 0 Å². The molecule has 0 spiro atoms. The number of benzene rings is 1. The first-order valence-corrected chi connectivity index (χ1v) is 6.61. The molecule has 0 aliphatic rings. The lowest BCUT2D eigenvalue weighted by Gasteiger charge is -2.03. The molecule has 7 heteroatoms. The van der Waals surface area contributed by atoms with Gasteiger partial charge in [0.2, 0.25) is 5.91 Å². The van der Waals surface area contributed by atoms with E-state index >= 15 is 0 Å². The molecule has 2 N–H and O–H groups in total. The van der Waals surface area contributed by atoms with Crippen LogP contribution in [0.5, 0.6) is 0 Å². The Morgan fingerprint density at radius 3 is 2.85 bits per heavy atom. The molecule has 104 valence electrons. The summed E-state index contributed by atoms with van der Waals surface area (Å²) in [5.41, 5.74) is 0.539. The zero-order valence-electron chi connectivity index (χ0n) is 10.3. The maximum absolute atomic E-state index is 13.0. The maximum Gasteiger partial charge on any atom is 0.355 e. The fraction of sp³-hybridized carbons (Fsp3) is 0.154. The zero-order chi connectivity index (χ0) is 14.5. The standard InChI is InChI=1S/C13H11FN2O3S/c14-9-3-1-2-8(4-9)5-11(17)15-6-12-16-10(7-20-12)13(18)19/h1-4,7H,5-6H2,(H,15,17)(H,18,19). The molecule has 1 aromatic heterocycles. The van der Waals surface area contributed by atoms with Crippen LogP contribution in [0.4, 0.5) is 4.39 Å². The van der Waals surface area contributed by atoms with Crippen LogP contribution in [0.25, 0.3) is 0 Å². The Balaban J connectivity index is 1.87. The normalized spacial score (nSPS) is 10.2. The Kier molecular flexibility index (Phi) is 4.41. The van der Waals surface area contributed by atoms with Crippen molar-refractivity contribution in [3.8, 4) is 0 Å². The number of halogens is 1. The number of nitrogens with zero attached hydrogens (tertiary/aromatic N) is 1. The van der Waals surface area contributed by atoms with Crippen LogP contribution in [0.1, 0.15) is 21.1 Å². The summed E-state index contributed by atoms with van der Waals surface area (Å²) in [6, 6.07) is 5.81. The van der Waals surface area contributed by atoms with Gasteiger partial charge in [0, 0.05) is 5.38 Å². The average molecular weight is 294 g/mol. The van der Waals surface area contributed by atoms with Crippen LogP contribution in [0, 0.1) is 5.82 Å². The van der Waals surface area contributed by atoms with Gasteiger partial charge in [-0.3, -0.25) is 4.79 Å². The first-order valence-electron chi connectivity index (χ1n) is 5.73. The summed E-state index contributed by atoms with van der Waals surface area (Å²) < 4.78 is 13.0. The summed E-state index contributed by atoms with van der Waals surface area (Å²) >= 11 is 1.16. The van der Waals surface area contributed by atoms with E-state index in [1.807, 2.05) is 0 Å². The first-order chi connectivity index (χ1) is 9.54. The number of aromatic carboxylic acids is 1. The topological polar surface area (TPSA) is 79.3 Å². The van der Waals surface area contributed by atoms with Gasteiger partial charge in [-0.1, -0.05) is 12.1 Å². The van der Waals surface area contributed by atoms with Gasteiger partial charge in [0.25, 0.3) is 0 Å². The molecule has 1 aromatic carbocycles. The lowest BCUT2D eigenvalue weighted by Crippen LogP contribution is -2.24. The van der Waals surface area contributed by atoms with E-state index in [2.05, 4.69) is 10.3 Å². The molecule has 2 aromatic rings. The van der Waals surface area contributed by atoms with Gasteiger partial charge >= 0.3 is 5.97 Å². The highest BCUT2D eigenvalue weighted by molar-refractivity contribution is 7.09. The maximum atomic E-state index is 13.0. The third-order valence-electron chi connectivity index (χ3n) is 2.46. The molecule has 0 unspecified atom stereocenters. The molecule has 0 fully saturated rings. The molecule has 1 amide bonds. The van der Waals surface area contributed by atoms with Crippen LogP contribution in [-0.2, 0) is 17.8 Å². The number of carboxylic acid groups (broad SMARTS) is 1. The summed E-state index contributed by atoms with van der Waals surface area (Å²) in [6.07, 6.45) is 0.0644. The number of hydrogen-bond donors (Lipinski definition) is 2. The van der Waals surface area contributed by atoms with Crippen LogP contribution in [0.15, 0.2) is 29.6 Å². The van der Waals surface area contributed by atoms with Gasteiger partial charge < -0.3 is 10.4 Å². The quantitative estimate of drug-likeness (QED) is 0.882. The number of carbonyl (C=O) groups excluding carboxylic acids is 1. The fourth-order valence-electron chi connectivity index (χ4n) is 1.56. The highest BCUT2D eigenvalue weighted by Crippen LogP contribution is 2.09. The lowest BCUT2D eigenvalue weighted by molar-refractivity contribution is -0.120. The molecule has 0 saturated heterocycles. The smallest absolute Gasteiger partial charge is 0.355 e. The van der Waals surface area contributed by atoms with Gasteiger partial charge in [-0.25, -0.2) is 14.2 Å². The molecule has 0 aliphatic heterocycles. The summed E-state index contributed by atoms with van der Waals surface area (Å²) in [6.45, 7) is 0.159. The second-order valence-corrected chi connectivity index (χ2v) is 4.96. The van der Waals surface area contributed by atoms with Crippen LogP contribution in [-0.4, -0.2) is 22.0 Å². The van der Waals surface area contributed by atoms with Crippen molar-refractivity contribution in [3.05, 3.63) is 51.7 Å². The van der Waals surface area contributed by atoms with Gasteiger partial charge in [-0.2, -0.15) is 0 Å². The van der Waals surface area contributed by atoms with Gasteiger partial charge in [-0.15, -0.1) is 11.3 Å². The van der Waals surface area contributed by atoms with E-state index in [4.69, 9.17) is 5.11 Å². The molecule has 0 radical (unpaired) electrons. The highest BCUT2D eigenvalue weighted by Gasteiger charge is 2.10. The largest absolute Gasteiger partial charge is 0.476 e. The van der Waals surface area contributed by atoms with E-state index in [9.17, 15) is 14.0 Å². The van der Waals surface area contributed by atoms with Gasteiger partial charge in [0.05, 0.1) is 13.0 Å². The van der Waals surface area contributed by atoms with E-state index in [1.165, 1.54) is 23.6 Å². The monoisotopic (exact) mass is 294 g/mol. The number of rotatable bonds is 5. The summed E-state index contributed by atoms with van der Waals surface area (Å²) in [5, 5.41) is 13.3. The predicted octanol–water partition coefficient (Wildman–Crippen LogP) is 1.84. The summed E-state index contributed by atoms with van der Waals surface area (Å²) in [4.78, 5) is 26.2. The van der Waals surface area contributed by atoms with Crippen molar-refractivity contribution in [1.82, 2.24) is 10.3 Å². The highest BCUT2D eigenvalue weighted by atomic mass is 32.1. The Bertz CT molecular complexity index is 642. The van der Waals surface area contributed by atoms with E-state index < -0.39 is 5.97 Å². The van der Waals surface area contributed by atoms with Crippen molar-refractivity contribution in [2.75, 3.05) is 0 Å². The SMILES string of the molecule is O=C(Cc1cccc(F)c1)NCc1nc(C(=O)O)cs1. The molecule has 1 heterocycles. The van der Waals surface area contributed by atoms with Gasteiger partial charge in [0.15, 0.2) is 5.69 Å². The minimum Gasteiger partial charge on any atom is -0.476 e. The Morgan fingerprint density at radius 1 is 1.40 bits per heavy atom. The van der Waals surface area contributed by atoms with Crippen molar-refractivity contribution in [2.24, 2.45) is 0 Å². The van der Waals surface area contributed by atoms with E-state index in [-0.39, 0.29) is 30.4 Å². The second kappa shape index (κ2) is 6.25. The van der Waals surface area contributed by atoms with Gasteiger partial charge in [-0.05, 0) is 17.7 Å². The summed E-state index contributed by atoms with van der Waals surface area (Å²) in [5.74, 6) is -1.76. The number of carboxylic acids is 1. The number of carbonyl (C=O) groups is 2. The Hall–Kier alpha value is -2.28. The molecular formula is C13H11FN2O3S. The van der Waals surface area contributed by atoms with Crippen LogP contribution in [0.2, 0.25) is 0 Å². The van der Waals surface area contributed by atoms with Crippen LogP contribution >= 0.6 is 11.3 Å². The lowest BCUT2D eigenvalue weighted by atomic mass is 10.1. The zero-order valence-corrected chi connectivity index (χ0v) is 11.1. The molecular weight excluding hydrogens is 283 g/mol. The van der Waals surface area contributed by atoms with Crippen molar-refractivity contribution in [2.45, 2.75) is 13.0 Å². The molecule has 0 atom stereocenters. The second-order valence-electron chi connectivity index (χ2n) is 4.02. The third-order valence-corrected chi connectivity index (χ3v) is 3.31. The minimum atomic E-state index is -1.10. The Labute approximate surface area is 118 Å². The van der Waals surface area contributed by atoms with Gasteiger partial charge in [0.1, 0.15) is 10.8 Å². The number of amides is 1. The van der Waals surface area contributed by atoms with E-state index in [0.29, 0.717) is 10.6 Å². The van der Waals surface area contributed by atoms with Crippen molar-refractivity contribution < 1.29 is 19.1 Å². The molecule has 0 bridgehead atoms. The van der Waals surface area contributed by atoms with E-state index in [1.54, 1.807) is 6.07 Å². The number of aromatic nitrogens is 1. The van der Waals surface area contributed by atoms with Crippen LogP contribution < -0.4 is 5.32 Å². The number of nitrogens with one attached hydrogen (secondary N) is 1. The van der Waals surface area contributed by atoms with Crippen LogP contribution in [0.3, 0.4) is 0 Å². The number of thiazole rings is 1. The fourth-order valence-corrected chi connectivity index (χ4v) is 2.27. The van der Waals surface area contributed by atoms with Crippen molar-refractivity contribution >= 4 is 23.2 Å². The molecule has 0 saturated carbocycles.